The van der Waals surface area contributed by atoms with Gasteiger partial charge in [-0.25, -0.2) is 4.39 Å². The van der Waals surface area contributed by atoms with Gasteiger partial charge in [0.1, 0.15) is 11.6 Å². The smallest absolute Gasteiger partial charge is 0.127 e. The minimum absolute atomic E-state index is 0.0642. The van der Waals surface area contributed by atoms with Gasteiger partial charge in [-0.3, -0.25) is 0 Å². The molecule has 2 nitrogen and oxygen atoms in total. The lowest BCUT2D eigenvalue weighted by molar-refractivity contribution is 0.116. The first-order valence-corrected chi connectivity index (χ1v) is 7.37. The molecule has 0 fully saturated rings. The molecule has 1 aliphatic rings. The van der Waals surface area contributed by atoms with Gasteiger partial charge in [0, 0.05) is 22.9 Å². The third kappa shape index (κ3) is 2.89. The minimum Gasteiger partial charge on any atom is -0.493 e. The van der Waals surface area contributed by atoms with Crippen LogP contribution in [-0.4, -0.2) is 17.8 Å². The Labute approximate surface area is 128 Å². The van der Waals surface area contributed by atoms with Crippen LogP contribution in [0.3, 0.4) is 0 Å². The highest BCUT2D eigenvalue weighted by Crippen LogP contribution is 2.37. The lowest BCUT2D eigenvalue weighted by Crippen LogP contribution is -2.27. The molecule has 2 atom stereocenters. The van der Waals surface area contributed by atoms with Gasteiger partial charge in [-0.15, -0.1) is 0 Å². The number of para-hydroxylation sites is 1. The Morgan fingerprint density at radius 1 is 1.24 bits per heavy atom. The van der Waals surface area contributed by atoms with Crippen molar-refractivity contribution in [2.75, 3.05) is 6.61 Å². The number of halogens is 2. The maximum absolute atomic E-state index is 13.9. The summed E-state index contributed by atoms with van der Waals surface area (Å²) >= 11 is 6.04. The van der Waals surface area contributed by atoms with Crippen molar-refractivity contribution in [3.05, 3.63) is 64.4 Å². The molecular formula is C17H16ClFO2. The van der Waals surface area contributed by atoms with E-state index in [2.05, 4.69) is 0 Å². The summed E-state index contributed by atoms with van der Waals surface area (Å²) in [5, 5.41) is 10.9. The molecule has 0 saturated heterocycles. The van der Waals surface area contributed by atoms with E-state index in [0.717, 1.165) is 11.3 Å². The Hall–Kier alpha value is -1.58. The van der Waals surface area contributed by atoms with Crippen LogP contribution in [0.15, 0.2) is 42.5 Å². The summed E-state index contributed by atoms with van der Waals surface area (Å²) in [5.41, 5.74) is 1.35. The van der Waals surface area contributed by atoms with Gasteiger partial charge in [0.15, 0.2) is 0 Å². The fraction of sp³-hybridized carbons (Fsp3) is 0.294. The van der Waals surface area contributed by atoms with Crippen LogP contribution in [0.4, 0.5) is 4.39 Å². The maximum atomic E-state index is 13.9. The lowest BCUT2D eigenvalue weighted by atomic mass is 9.85. The first kappa shape index (κ1) is 14.4. The van der Waals surface area contributed by atoms with E-state index in [9.17, 15) is 9.50 Å². The van der Waals surface area contributed by atoms with E-state index in [0.29, 0.717) is 23.6 Å². The van der Waals surface area contributed by atoms with Crippen LogP contribution >= 0.6 is 11.6 Å². The van der Waals surface area contributed by atoms with Crippen LogP contribution < -0.4 is 4.74 Å². The van der Waals surface area contributed by atoms with Gasteiger partial charge in [-0.1, -0.05) is 35.9 Å². The molecule has 1 heterocycles. The summed E-state index contributed by atoms with van der Waals surface area (Å²) in [4.78, 5) is 0. The summed E-state index contributed by atoms with van der Waals surface area (Å²) < 4.78 is 19.4. The van der Waals surface area contributed by atoms with Gasteiger partial charge in [0.2, 0.25) is 0 Å². The SMILES string of the molecule is OC(Cc1c(F)cccc1Cl)C1CCOc2ccccc21. The topological polar surface area (TPSA) is 29.5 Å². The largest absolute Gasteiger partial charge is 0.493 e. The number of ether oxygens (including phenoxy) is 1. The molecule has 0 spiro atoms. The first-order valence-electron chi connectivity index (χ1n) is 6.99. The van der Waals surface area contributed by atoms with Gasteiger partial charge in [-0.2, -0.15) is 0 Å². The molecule has 3 rings (SSSR count). The lowest BCUT2D eigenvalue weighted by Gasteiger charge is -2.29. The van der Waals surface area contributed by atoms with Crippen molar-refractivity contribution in [1.82, 2.24) is 0 Å². The van der Waals surface area contributed by atoms with E-state index in [4.69, 9.17) is 16.3 Å². The zero-order valence-electron chi connectivity index (χ0n) is 11.4. The molecule has 1 aliphatic heterocycles. The molecule has 0 amide bonds. The zero-order chi connectivity index (χ0) is 14.8. The molecule has 0 aromatic heterocycles. The summed E-state index contributed by atoms with van der Waals surface area (Å²) in [5.74, 6) is 0.361. The van der Waals surface area contributed by atoms with Gasteiger partial charge in [0.05, 0.1) is 12.7 Å². The van der Waals surface area contributed by atoms with Gasteiger partial charge in [0.25, 0.3) is 0 Å². The van der Waals surface area contributed by atoms with E-state index < -0.39 is 6.10 Å². The first-order chi connectivity index (χ1) is 10.2. The Balaban J connectivity index is 1.85. The highest BCUT2D eigenvalue weighted by molar-refractivity contribution is 6.31. The highest BCUT2D eigenvalue weighted by atomic mass is 35.5. The summed E-state index contributed by atoms with van der Waals surface area (Å²) in [7, 11) is 0. The van der Waals surface area contributed by atoms with Crippen LogP contribution in [0.1, 0.15) is 23.5 Å². The third-order valence-corrected chi connectivity index (χ3v) is 4.30. The summed E-state index contributed by atoms with van der Waals surface area (Å²) in [6, 6.07) is 12.2. The van der Waals surface area contributed by atoms with Crippen LogP contribution in [0.25, 0.3) is 0 Å². The third-order valence-electron chi connectivity index (χ3n) is 3.94. The van der Waals surface area contributed by atoms with Crippen LogP contribution in [0.2, 0.25) is 5.02 Å². The molecule has 2 aromatic rings. The molecule has 110 valence electrons. The zero-order valence-corrected chi connectivity index (χ0v) is 12.2. The fourth-order valence-electron chi connectivity index (χ4n) is 2.85. The molecule has 0 aliphatic carbocycles. The van der Waals surface area contributed by atoms with Crippen molar-refractivity contribution in [1.29, 1.82) is 0 Å². The van der Waals surface area contributed by atoms with E-state index in [1.54, 1.807) is 12.1 Å². The summed E-state index contributed by atoms with van der Waals surface area (Å²) in [6.45, 7) is 0.559. The number of hydrogen-bond donors (Lipinski definition) is 1. The van der Waals surface area contributed by atoms with E-state index in [1.165, 1.54) is 6.07 Å². The number of hydrogen-bond acceptors (Lipinski definition) is 2. The predicted octanol–water partition coefficient (Wildman–Crippen LogP) is 3.95. The van der Waals surface area contributed by atoms with Gasteiger partial charge < -0.3 is 9.84 Å². The number of aliphatic hydroxyl groups is 1. The molecule has 4 heteroatoms. The van der Waals surface area contributed by atoms with Crippen LogP contribution in [0.5, 0.6) is 5.75 Å². The van der Waals surface area contributed by atoms with Gasteiger partial charge in [-0.05, 0) is 30.2 Å². The molecule has 0 radical (unpaired) electrons. The Kier molecular flexibility index (Phi) is 4.13. The predicted molar refractivity (Wildman–Crippen MR) is 80.4 cm³/mol. The minimum atomic E-state index is -0.690. The van der Waals surface area contributed by atoms with Crippen molar-refractivity contribution in [2.45, 2.75) is 24.9 Å². The Bertz CT molecular complexity index is 624. The number of fused-ring (bicyclic) bond motifs is 1. The molecule has 1 N–H and O–H groups in total. The Morgan fingerprint density at radius 2 is 2.05 bits per heavy atom. The van der Waals surface area contributed by atoms with Crippen molar-refractivity contribution in [3.8, 4) is 5.75 Å². The van der Waals surface area contributed by atoms with Gasteiger partial charge >= 0.3 is 0 Å². The van der Waals surface area contributed by atoms with E-state index >= 15 is 0 Å². The van der Waals surface area contributed by atoms with E-state index in [-0.39, 0.29) is 18.2 Å². The second-order valence-corrected chi connectivity index (χ2v) is 5.66. The van der Waals surface area contributed by atoms with Crippen molar-refractivity contribution in [3.63, 3.8) is 0 Å². The molecule has 0 bridgehead atoms. The van der Waals surface area contributed by atoms with Crippen LogP contribution in [0, 0.1) is 5.82 Å². The van der Waals surface area contributed by atoms with Crippen molar-refractivity contribution < 1.29 is 14.2 Å². The second kappa shape index (κ2) is 6.04. The maximum Gasteiger partial charge on any atom is 0.127 e. The molecule has 2 unspecified atom stereocenters. The quantitative estimate of drug-likeness (QED) is 0.930. The Morgan fingerprint density at radius 3 is 2.86 bits per heavy atom. The average molecular weight is 307 g/mol. The number of benzene rings is 2. The molecule has 0 saturated carbocycles. The highest BCUT2D eigenvalue weighted by Gasteiger charge is 2.28. The normalized spacial score (nSPS) is 18.7. The number of aliphatic hydroxyl groups excluding tert-OH is 1. The summed E-state index contributed by atoms with van der Waals surface area (Å²) in [6.07, 6.45) is 0.221. The fourth-order valence-corrected chi connectivity index (χ4v) is 3.09. The molecule has 21 heavy (non-hydrogen) atoms. The van der Waals surface area contributed by atoms with Crippen molar-refractivity contribution in [2.24, 2.45) is 0 Å². The second-order valence-electron chi connectivity index (χ2n) is 5.25. The van der Waals surface area contributed by atoms with Crippen LogP contribution in [-0.2, 0) is 6.42 Å². The molecular weight excluding hydrogens is 291 g/mol. The monoisotopic (exact) mass is 306 g/mol. The molecule has 2 aromatic carbocycles. The van der Waals surface area contributed by atoms with Crippen molar-refractivity contribution >= 4 is 11.6 Å². The van der Waals surface area contributed by atoms with E-state index in [1.807, 2.05) is 24.3 Å². The standard InChI is InChI=1S/C17H16ClFO2/c18-14-5-3-6-15(19)13(14)10-16(20)11-8-9-21-17-7-2-1-4-12(11)17/h1-7,11,16,20H,8-10H2. The average Bonchev–Trinajstić information content (AvgIpc) is 2.50. The number of rotatable bonds is 3.